The maximum atomic E-state index is 13.0. The van der Waals surface area contributed by atoms with Gasteiger partial charge in [0.1, 0.15) is 6.61 Å². The summed E-state index contributed by atoms with van der Waals surface area (Å²) in [5.41, 5.74) is 2.03. The molecule has 1 aromatic heterocycles. The number of halogens is 3. The molecule has 2 aromatic carbocycles. The van der Waals surface area contributed by atoms with Crippen molar-refractivity contribution in [1.82, 2.24) is 4.98 Å². The van der Waals surface area contributed by atoms with Gasteiger partial charge in [-0.1, -0.05) is 46.9 Å². The van der Waals surface area contributed by atoms with Gasteiger partial charge in [-0.3, -0.25) is 4.79 Å². The van der Waals surface area contributed by atoms with E-state index in [-0.39, 0.29) is 17.5 Å². The standard InChI is InChI=1S/C21H16Cl3N3O3/c22-14-4-2-5-16(18(14)24)26-21(29)13-3-1-6-17-19(13)30-8-7-27(17)20-15(23)9-12(11-28)10-25-20/h1-6,9-10,28H,7-8,11H2,(H,26,29). The van der Waals surface area contributed by atoms with Crippen LogP contribution in [-0.2, 0) is 6.61 Å². The summed E-state index contributed by atoms with van der Waals surface area (Å²) in [4.78, 5) is 19.2. The summed E-state index contributed by atoms with van der Waals surface area (Å²) in [7, 11) is 0. The number of carbonyl (C=O) groups is 1. The number of aromatic nitrogens is 1. The van der Waals surface area contributed by atoms with E-state index in [1.165, 1.54) is 0 Å². The van der Waals surface area contributed by atoms with Gasteiger partial charge in [-0.2, -0.15) is 0 Å². The molecular weight excluding hydrogens is 449 g/mol. The predicted octanol–water partition coefficient (Wildman–Crippen LogP) is 5.32. The molecule has 0 radical (unpaired) electrons. The molecule has 9 heteroatoms. The number of anilines is 3. The predicted molar refractivity (Wildman–Crippen MR) is 119 cm³/mol. The van der Waals surface area contributed by atoms with Crippen LogP contribution >= 0.6 is 34.8 Å². The third-order valence-corrected chi connectivity index (χ3v) is 5.70. The van der Waals surface area contributed by atoms with Gasteiger partial charge in [-0.15, -0.1) is 0 Å². The number of aliphatic hydroxyl groups is 1. The fraction of sp³-hybridized carbons (Fsp3) is 0.143. The van der Waals surface area contributed by atoms with Crippen molar-refractivity contribution in [3.63, 3.8) is 0 Å². The Kier molecular flexibility index (Phi) is 6.01. The molecule has 6 nitrogen and oxygen atoms in total. The van der Waals surface area contributed by atoms with Crippen molar-refractivity contribution >= 4 is 57.9 Å². The van der Waals surface area contributed by atoms with Crippen molar-refractivity contribution in [3.05, 3.63) is 74.9 Å². The average Bonchev–Trinajstić information content (AvgIpc) is 2.76. The molecular formula is C21H16Cl3N3O3. The van der Waals surface area contributed by atoms with Crippen LogP contribution in [0.1, 0.15) is 15.9 Å². The minimum Gasteiger partial charge on any atom is -0.489 e. The summed E-state index contributed by atoms with van der Waals surface area (Å²) >= 11 is 18.6. The number of aliphatic hydroxyl groups excluding tert-OH is 1. The number of para-hydroxylation sites is 1. The second-order valence-electron chi connectivity index (χ2n) is 6.52. The van der Waals surface area contributed by atoms with Gasteiger partial charge in [0.15, 0.2) is 11.6 Å². The van der Waals surface area contributed by atoms with Gasteiger partial charge in [0, 0.05) is 6.20 Å². The van der Waals surface area contributed by atoms with Crippen LogP contribution in [0.3, 0.4) is 0 Å². The lowest BCUT2D eigenvalue weighted by Crippen LogP contribution is -2.31. The Balaban J connectivity index is 1.69. The molecule has 0 saturated heterocycles. The third kappa shape index (κ3) is 3.91. The van der Waals surface area contributed by atoms with Crippen molar-refractivity contribution in [2.24, 2.45) is 0 Å². The van der Waals surface area contributed by atoms with E-state index in [1.807, 2.05) is 11.0 Å². The second-order valence-corrected chi connectivity index (χ2v) is 7.71. The number of carbonyl (C=O) groups excluding carboxylic acids is 1. The monoisotopic (exact) mass is 463 g/mol. The highest BCUT2D eigenvalue weighted by Crippen LogP contribution is 2.41. The Bertz CT molecular complexity index is 1120. The largest absolute Gasteiger partial charge is 0.489 e. The Labute approximate surface area is 188 Å². The van der Waals surface area contributed by atoms with Crippen LogP contribution in [0.15, 0.2) is 48.7 Å². The molecule has 0 spiro atoms. The van der Waals surface area contributed by atoms with Crippen LogP contribution in [0.5, 0.6) is 5.75 Å². The smallest absolute Gasteiger partial charge is 0.259 e. The number of nitrogens with one attached hydrogen (secondary N) is 1. The van der Waals surface area contributed by atoms with Gasteiger partial charge in [0.25, 0.3) is 5.91 Å². The van der Waals surface area contributed by atoms with Crippen LogP contribution < -0.4 is 15.0 Å². The van der Waals surface area contributed by atoms with Crippen molar-refractivity contribution < 1.29 is 14.6 Å². The maximum absolute atomic E-state index is 13.0. The minimum absolute atomic E-state index is 0.150. The van der Waals surface area contributed by atoms with E-state index in [1.54, 1.807) is 42.6 Å². The number of fused-ring (bicyclic) bond motifs is 1. The summed E-state index contributed by atoms with van der Waals surface area (Å²) in [6.45, 7) is 0.696. The first-order chi connectivity index (χ1) is 14.5. The van der Waals surface area contributed by atoms with Crippen LogP contribution in [0.2, 0.25) is 15.1 Å². The first-order valence-electron chi connectivity index (χ1n) is 9.03. The molecule has 0 atom stereocenters. The van der Waals surface area contributed by atoms with Gasteiger partial charge >= 0.3 is 0 Å². The lowest BCUT2D eigenvalue weighted by Gasteiger charge is -2.32. The number of pyridine rings is 1. The van der Waals surface area contributed by atoms with E-state index < -0.39 is 0 Å². The normalized spacial score (nSPS) is 12.9. The molecule has 0 bridgehead atoms. The highest BCUT2D eigenvalue weighted by atomic mass is 35.5. The topological polar surface area (TPSA) is 74.7 Å². The zero-order chi connectivity index (χ0) is 21.3. The van der Waals surface area contributed by atoms with E-state index in [0.29, 0.717) is 57.3 Å². The second kappa shape index (κ2) is 8.70. The van der Waals surface area contributed by atoms with Crippen LogP contribution in [-0.4, -0.2) is 29.1 Å². The molecule has 4 rings (SSSR count). The molecule has 154 valence electrons. The highest BCUT2D eigenvalue weighted by molar-refractivity contribution is 6.44. The van der Waals surface area contributed by atoms with Gasteiger partial charge in [-0.05, 0) is 35.9 Å². The molecule has 2 heterocycles. The molecule has 1 aliphatic rings. The van der Waals surface area contributed by atoms with E-state index >= 15 is 0 Å². The van der Waals surface area contributed by atoms with E-state index in [9.17, 15) is 9.90 Å². The lowest BCUT2D eigenvalue weighted by molar-refractivity contribution is 0.102. The van der Waals surface area contributed by atoms with Gasteiger partial charge in [0.05, 0.1) is 45.2 Å². The quantitative estimate of drug-likeness (QED) is 0.547. The number of amides is 1. The lowest BCUT2D eigenvalue weighted by atomic mass is 10.1. The molecule has 0 aliphatic carbocycles. The molecule has 0 saturated carbocycles. The highest BCUT2D eigenvalue weighted by Gasteiger charge is 2.27. The van der Waals surface area contributed by atoms with Gasteiger partial charge in [0.2, 0.25) is 0 Å². The molecule has 30 heavy (non-hydrogen) atoms. The van der Waals surface area contributed by atoms with Crippen molar-refractivity contribution in [2.75, 3.05) is 23.4 Å². The van der Waals surface area contributed by atoms with E-state index in [4.69, 9.17) is 39.5 Å². The minimum atomic E-state index is -0.382. The molecule has 1 aliphatic heterocycles. The van der Waals surface area contributed by atoms with Crippen LogP contribution in [0.4, 0.5) is 17.2 Å². The SMILES string of the molecule is O=C(Nc1cccc(Cl)c1Cl)c1cccc2c1OCCN2c1ncc(CO)cc1Cl. The summed E-state index contributed by atoms with van der Waals surface area (Å²) in [5, 5.41) is 13.1. The summed E-state index contributed by atoms with van der Waals surface area (Å²) < 4.78 is 5.83. The van der Waals surface area contributed by atoms with Crippen molar-refractivity contribution in [1.29, 1.82) is 0 Å². The Morgan fingerprint density at radius 1 is 1.17 bits per heavy atom. The molecule has 0 fully saturated rings. The zero-order valence-electron chi connectivity index (χ0n) is 15.5. The number of rotatable bonds is 4. The maximum Gasteiger partial charge on any atom is 0.259 e. The number of hydrogen-bond donors (Lipinski definition) is 2. The summed E-state index contributed by atoms with van der Waals surface area (Å²) in [6, 6.07) is 11.9. The number of hydrogen-bond acceptors (Lipinski definition) is 5. The molecule has 3 aromatic rings. The molecule has 1 amide bonds. The van der Waals surface area contributed by atoms with Crippen molar-refractivity contribution in [2.45, 2.75) is 6.61 Å². The molecule has 2 N–H and O–H groups in total. The Morgan fingerprint density at radius 3 is 2.73 bits per heavy atom. The van der Waals surface area contributed by atoms with Crippen LogP contribution in [0.25, 0.3) is 0 Å². The number of benzene rings is 2. The summed E-state index contributed by atoms with van der Waals surface area (Å²) in [5.74, 6) is 0.560. The van der Waals surface area contributed by atoms with E-state index in [2.05, 4.69) is 10.3 Å². The number of ether oxygens (including phenoxy) is 1. The van der Waals surface area contributed by atoms with Gasteiger partial charge < -0.3 is 20.1 Å². The Morgan fingerprint density at radius 2 is 1.97 bits per heavy atom. The first kappa shape index (κ1) is 20.8. The fourth-order valence-electron chi connectivity index (χ4n) is 3.19. The third-order valence-electron chi connectivity index (χ3n) is 4.61. The van der Waals surface area contributed by atoms with Gasteiger partial charge in [-0.25, -0.2) is 4.98 Å². The van der Waals surface area contributed by atoms with E-state index in [0.717, 1.165) is 0 Å². The fourth-order valence-corrected chi connectivity index (χ4v) is 3.83. The van der Waals surface area contributed by atoms with Crippen molar-refractivity contribution in [3.8, 4) is 5.75 Å². The summed E-state index contributed by atoms with van der Waals surface area (Å²) in [6.07, 6.45) is 1.56. The Hall–Kier alpha value is -2.51. The first-order valence-corrected chi connectivity index (χ1v) is 10.2. The average molecular weight is 465 g/mol. The zero-order valence-corrected chi connectivity index (χ0v) is 17.8. The molecule has 0 unspecified atom stereocenters. The van der Waals surface area contributed by atoms with Crippen LogP contribution in [0, 0.1) is 0 Å². The number of nitrogens with zero attached hydrogens (tertiary/aromatic N) is 2.